The number of amidine groups is 1. The van der Waals surface area contributed by atoms with Crippen molar-refractivity contribution in [2.45, 2.75) is 12.5 Å². The standard InChI is InChI=1S/C13H17FN4O/c1-13(7-18(2)6-11(15)17-13)9-5-8(12(16)19)3-4-10(9)14/h3-5H,6-7H2,1-2H3,(H2,15,17)(H2,16,19). The minimum absolute atomic E-state index is 0.264. The molecule has 0 fully saturated rings. The fourth-order valence-corrected chi connectivity index (χ4v) is 2.48. The van der Waals surface area contributed by atoms with Gasteiger partial charge in [0.05, 0.1) is 6.54 Å². The molecule has 0 radical (unpaired) electrons. The van der Waals surface area contributed by atoms with Gasteiger partial charge in [0.2, 0.25) is 5.91 Å². The monoisotopic (exact) mass is 264 g/mol. The largest absolute Gasteiger partial charge is 0.386 e. The Balaban J connectivity index is 2.53. The summed E-state index contributed by atoms with van der Waals surface area (Å²) in [5.41, 5.74) is 10.8. The highest BCUT2D eigenvalue weighted by Gasteiger charge is 2.34. The summed E-state index contributed by atoms with van der Waals surface area (Å²) in [6, 6.07) is 4.05. The van der Waals surface area contributed by atoms with Crippen LogP contribution in [0.15, 0.2) is 23.2 Å². The lowest BCUT2D eigenvalue weighted by molar-refractivity contribution is 0.1000. The summed E-state index contributed by atoms with van der Waals surface area (Å²) in [7, 11) is 1.88. The SMILES string of the molecule is CN1CC(N)=NC(C)(c2cc(C(N)=O)ccc2F)C1. The molecule has 1 aromatic carbocycles. The van der Waals surface area contributed by atoms with Crippen LogP contribution in [0.5, 0.6) is 0 Å². The molecule has 1 aromatic rings. The van der Waals surface area contributed by atoms with Gasteiger partial charge in [-0.25, -0.2) is 4.39 Å². The van der Waals surface area contributed by atoms with Crippen molar-refractivity contribution >= 4 is 11.7 Å². The zero-order valence-corrected chi connectivity index (χ0v) is 11.0. The van der Waals surface area contributed by atoms with E-state index in [1.807, 2.05) is 11.9 Å². The molecule has 102 valence electrons. The molecule has 0 saturated heterocycles. The van der Waals surface area contributed by atoms with Gasteiger partial charge in [-0.05, 0) is 32.2 Å². The van der Waals surface area contributed by atoms with Crippen LogP contribution in [-0.4, -0.2) is 36.8 Å². The van der Waals surface area contributed by atoms with Gasteiger partial charge in [0.25, 0.3) is 0 Å². The van der Waals surface area contributed by atoms with Gasteiger partial charge in [-0.1, -0.05) is 0 Å². The molecule has 1 aliphatic rings. The van der Waals surface area contributed by atoms with Crippen LogP contribution < -0.4 is 11.5 Å². The van der Waals surface area contributed by atoms with E-state index in [1.54, 1.807) is 6.92 Å². The molecule has 5 nitrogen and oxygen atoms in total. The lowest BCUT2D eigenvalue weighted by atomic mass is 9.89. The molecule has 1 heterocycles. The Morgan fingerprint density at radius 1 is 1.53 bits per heavy atom. The summed E-state index contributed by atoms with van der Waals surface area (Å²) >= 11 is 0. The summed E-state index contributed by atoms with van der Waals surface area (Å²) < 4.78 is 14.0. The molecule has 1 amide bonds. The first-order valence-electron chi connectivity index (χ1n) is 5.94. The van der Waals surface area contributed by atoms with Crippen molar-refractivity contribution in [1.29, 1.82) is 0 Å². The van der Waals surface area contributed by atoms with E-state index in [0.717, 1.165) is 0 Å². The molecule has 6 heteroatoms. The number of nitrogens with two attached hydrogens (primary N) is 2. The van der Waals surface area contributed by atoms with Crippen molar-refractivity contribution in [2.24, 2.45) is 16.5 Å². The molecule has 0 saturated carbocycles. The van der Waals surface area contributed by atoms with Crippen LogP contribution in [0.1, 0.15) is 22.8 Å². The first kappa shape index (κ1) is 13.5. The quantitative estimate of drug-likeness (QED) is 0.813. The van der Waals surface area contributed by atoms with Gasteiger partial charge in [-0.2, -0.15) is 0 Å². The fraction of sp³-hybridized carbons (Fsp3) is 0.385. The third kappa shape index (κ3) is 2.58. The highest BCUT2D eigenvalue weighted by molar-refractivity contribution is 5.93. The second-order valence-corrected chi connectivity index (χ2v) is 5.11. The average Bonchev–Trinajstić information content (AvgIpc) is 2.26. The van der Waals surface area contributed by atoms with Gasteiger partial charge in [0.1, 0.15) is 17.2 Å². The van der Waals surface area contributed by atoms with Crippen LogP contribution in [-0.2, 0) is 5.54 Å². The third-order valence-corrected chi connectivity index (χ3v) is 3.23. The Hall–Kier alpha value is -1.95. The smallest absolute Gasteiger partial charge is 0.248 e. The number of aliphatic imine (C=N–C) groups is 1. The zero-order chi connectivity index (χ0) is 14.2. The Kier molecular flexibility index (Phi) is 3.28. The second kappa shape index (κ2) is 4.62. The molecule has 0 aromatic heterocycles. The predicted molar refractivity (Wildman–Crippen MR) is 71.4 cm³/mol. The number of amides is 1. The molecule has 19 heavy (non-hydrogen) atoms. The first-order valence-corrected chi connectivity index (χ1v) is 5.94. The number of benzene rings is 1. The minimum atomic E-state index is -0.813. The zero-order valence-electron chi connectivity index (χ0n) is 11.0. The average molecular weight is 264 g/mol. The number of carbonyl (C=O) groups is 1. The maximum Gasteiger partial charge on any atom is 0.248 e. The van der Waals surface area contributed by atoms with Gasteiger partial charge in [0, 0.05) is 17.7 Å². The van der Waals surface area contributed by atoms with E-state index in [0.29, 0.717) is 24.5 Å². The van der Waals surface area contributed by atoms with Crippen LogP contribution in [0.3, 0.4) is 0 Å². The number of halogens is 1. The maximum atomic E-state index is 14.0. The van der Waals surface area contributed by atoms with Crippen molar-refractivity contribution in [1.82, 2.24) is 4.90 Å². The van der Waals surface area contributed by atoms with E-state index in [4.69, 9.17) is 11.5 Å². The van der Waals surface area contributed by atoms with E-state index >= 15 is 0 Å². The fourth-order valence-electron chi connectivity index (χ4n) is 2.48. The first-order chi connectivity index (χ1) is 8.82. The van der Waals surface area contributed by atoms with Crippen molar-refractivity contribution in [2.75, 3.05) is 20.1 Å². The maximum absolute atomic E-state index is 14.0. The Labute approximate surface area is 111 Å². The molecule has 1 unspecified atom stereocenters. The highest BCUT2D eigenvalue weighted by Crippen LogP contribution is 2.31. The molecule has 1 atom stereocenters. The molecule has 4 N–H and O–H groups in total. The van der Waals surface area contributed by atoms with Gasteiger partial charge in [-0.3, -0.25) is 14.7 Å². The van der Waals surface area contributed by atoms with E-state index in [9.17, 15) is 9.18 Å². The second-order valence-electron chi connectivity index (χ2n) is 5.11. The lowest BCUT2D eigenvalue weighted by Crippen LogP contribution is -2.46. The van der Waals surface area contributed by atoms with Gasteiger partial charge in [-0.15, -0.1) is 0 Å². The van der Waals surface area contributed by atoms with Gasteiger partial charge in [0.15, 0.2) is 0 Å². The number of nitrogens with zero attached hydrogens (tertiary/aromatic N) is 2. The minimum Gasteiger partial charge on any atom is -0.386 e. The summed E-state index contributed by atoms with van der Waals surface area (Å²) in [6.07, 6.45) is 0. The van der Waals surface area contributed by atoms with Gasteiger partial charge >= 0.3 is 0 Å². The van der Waals surface area contributed by atoms with Crippen LogP contribution in [0.4, 0.5) is 4.39 Å². The van der Waals surface area contributed by atoms with E-state index < -0.39 is 17.3 Å². The van der Waals surface area contributed by atoms with E-state index in [-0.39, 0.29) is 5.56 Å². The molecule has 2 rings (SSSR count). The molecular formula is C13H17FN4O. The Morgan fingerprint density at radius 3 is 2.79 bits per heavy atom. The molecule has 0 bridgehead atoms. The number of hydrogen-bond acceptors (Lipinski definition) is 4. The van der Waals surface area contributed by atoms with Crippen LogP contribution >= 0.6 is 0 Å². The Morgan fingerprint density at radius 2 is 2.21 bits per heavy atom. The molecular weight excluding hydrogens is 247 g/mol. The van der Waals surface area contributed by atoms with Crippen LogP contribution in [0.2, 0.25) is 0 Å². The van der Waals surface area contributed by atoms with Crippen molar-refractivity contribution in [3.63, 3.8) is 0 Å². The number of likely N-dealkylation sites (N-methyl/N-ethyl adjacent to an activating group) is 1. The highest BCUT2D eigenvalue weighted by atomic mass is 19.1. The molecule has 0 spiro atoms. The van der Waals surface area contributed by atoms with Crippen molar-refractivity contribution in [3.05, 3.63) is 35.1 Å². The van der Waals surface area contributed by atoms with Crippen LogP contribution in [0, 0.1) is 5.82 Å². The summed E-state index contributed by atoms with van der Waals surface area (Å²) in [4.78, 5) is 17.5. The number of hydrogen-bond donors (Lipinski definition) is 2. The number of rotatable bonds is 2. The lowest BCUT2D eigenvalue weighted by Gasteiger charge is -2.35. The normalized spacial score (nSPS) is 24.1. The topological polar surface area (TPSA) is 84.7 Å². The summed E-state index contributed by atoms with van der Waals surface area (Å²) in [5, 5.41) is 0. The summed E-state index contributed by atoms with van der Waals surface area (Å²) in [5.74, 6) is -0.564. The van der Waals surface area contributed by atoms with Crippen LogP contribution in [0.25, 0.3) is 0 Å². The van der Waals surface area contributed by atoms with Crippen molar-refractivity contribution in [3.8, 4) is 0 Å². The number of primary amides is 1. The Bertz CT molecular complexity index is 558. The number of carbonyl (C=O) groups excluding carboxylic acids is 1. The molecule has 0 aliphatic carbocycles. The molecule has 1 aliphatic heterocycles. The van der Waals surface area contributed by atoms with Crippen molar-refractivity contribution < 1.29 is 9.18 Å². The third-order valence-electron chi connectivity index (χ3n) is 3.23. The van der Waals surface area contributed by atoms with Gasteiger partial charge < -0.3 is 11.5 Å². The van der Waals surface area contributed by atoms with E-state index in [2.05, 4.69) is 4.99 Å². The van der Waals surface area contributed by atoms with E-state index in [1.165, 1.54) is 18.2 Å². The summed E-state index contributed by atoms with van der Waals surface area (Å²) in [6.45, 7) is 2.86. The predicted octanol–water partition coefficient (Wildman–Crippen LogP) is 0.442.